The van der Waals surface area contributed by atoms with Crippen molar-refractivity contribution in [3.05, 3.63) is 54.4 Å². The third-order valence-corrected chi connectivity index (χ3v) is 5.41. The van der Waals surface area contributed by atoms with Crippen LogP contribution in [-0.4, -0.2) is 39.6 Å². The number of pyridine rings is 1. The molecule has 30 heavy (non-hydrogen) atoms. The first-order chi connectivity index (χ1) is 14.5. The fourth-order valence-electron chi connectivity index (χ4n) is 3.96. The Morgan fingerprint density at radius 3 is 2.63 bits per heavy atom. The summed E-state index contributed by atoms with van der Waals surface area (Å²) in [6.45, 7) is 6.66. The molecule has 2 unspecified atom stereocenters. The van der Waals surface area contributed by atoms with Crippen LogP contribution in [0.4, 0.5) is 5.95 Å². The van der Waals surface area contributed by atoms with Gasteiger partial charge in [0.15, 0.2) is 5.92 Å². The Hall–Kier alpha value is -3.22. The Kier molecular flexibility index (Phi) is 5.53. The van der Waals surface area contributed by atoms with Crippen molar-refractivity contribution in [2.24, 2.45) is 11.8 Å². The van der Waals surface area contributed by atoms with Crippen molar-refractivity contribution in [3.8, 4) is 0 Å². The van der Waals surface area contributed by atoms with E-state index in [1.54, 1.807) is 18.0 Å². The minimum Gasteiger partial charge on any atom is -0.465 e. The number of hydrogen-bond acceptors (Lipinski definition) is 5. The molecule has 0 fully saturated rings. The van der Waals surface area contributed by atoms with Gasteiger partial charge in [0.25, 0.3) is 0 Å². The van der Waals surface area contributed by atoms with Gasteiger partial charge >= 0.3 is 5.97 Å². The van der Waals surface area contributed by atoms with Crippen molar-refractivity contribution in [2.45, 2.75) is 33.2 Å². The number of carbonyl (C=O) groups excluding carboxylic acids is 2. The molecule has 0 saturated carbocycles. The third kappa shape index (κ3) is 3.44. The monoisotopic (exact) mass is 406 g/mol. The van der Waals surface area contributed by atoms with Gasteiger partial charge in [-0.05, 0) is 43.5 Å². The van der Waals surface area contributed by atoms with Crippen LogP contribution < -0.4 is 4.90 Å². The number of ether oxygens (including phenoxy) is 1. The number of esters is 1. The summed E-state index contributed by atoms with van der Waals surface area (Å²) in [6.07, 6.45) is 2.48. The lowest BCUT2D eigenvalue weighted by Crippen LogP contribution is -2.50. The second kappa shape index (κ2) is 8.26. The van der Waals surface area contributed by atoms with E-state index in [9.17, 15) is 9.59 Å². The second-order valence-corrected chi connectivity index (χ2v) is 7.87. The summed E-state index contributed by atoms with van der Waals surface area (Å²) < 4.78 is 7.31. The standard InChI is InChI=1S/C23H26N4O3/c1-4-30-22(29)19-20(17-10-7-8-13-24-17)27-18-11-6-5-9-16(18)25-23(27)26(21(19)28)14-12-15(2)3/h5-11,13,15,19-20H,4,12,14H2,1-3H3. The van der Waals surface area contributed by atoms with Gasteiger partial charge in [0.1, 0.15) is 6.04 Å². The van der Waals surface area contributed by atoms with Gasteiger partial charge in [-0.1, -0.05) is 32.0 Å². The lowest BCUT2D eigenvalue weighted by molar-refractivity contribution is -0.153. The highest BCUT2D eigenvalue weighted by Crippen LogP contribution is 2.40. The molecule has 156 valence electrons. The number of carbonyl (C=O) groups is 2. The van der Waals surface area contributed by atoms with Crippen LogP contribution in [-0.2, 0) is 14.3 Å². The number of amides is 1. The average molecular weight is 406 g/mol. The van der Waals surface area contributed by atoms with Gasteiger partial charge in [-0.2, -0.15) is 0 Å². The van der Waals surface area contributed by atoms with Crippen LogP contribution in [0.3, 0.4) is 0 Å². The van der Waals surface area contributed by atoms with E-state index in [0.29, 0.717) is 24.1 Å². The minimum atomic E-state index is -1.02. The molecule has 0 saturated heterocycles. The van der Waals surface area contributed by atoms with E-state index >= 15 is 0 Å². The van der Waals surface area contributed by atoms with Gasteiger partial charge in [-0.3, -0.25) is 24.0 Å². The van der Waals surface area contributed by atoms with Crippen molar-refractivity contribution < 1.29 is 14.3 Å². The number of benzene rings is 1. The highest BCUT2D eigenvalue weighted by atomic mass is 16.5. The molecule has 0 N–H and O–H groups in total. The Morgan fingerprint density at radius 1 is 1.17 bits per heavy atom. The average Bonchev–Trinajstić information content (AvgIpc) is 3.12. The molecule has 0 radical (unpaired) electrons. The number of rotatable bonds is 6. The van der Waals surface area contributed by atoms with Crippen LogP contribution in [0.25, 0.3) is 11.0 Å². The highest BCUT2D eigenvalue weighted by molar-refractivity contribution is 6.08. The number of nitrogens with zero attached hydrogens (tertiary/aromatic N) is 4. The van der Waals surface area contributed by atoms with Crippen molar-refractivity contribution in [3.63, 3.8) is 0 Å². The molecule has 7 nitrogen and oxygen atoms in total. The fraction of sp³-hybridized carbons (Fsp3) is 0.391. The van der Waals surface area contributed by atoms with E-state index in [0.717, 1.165) is 17.5 Å². The molecule has 1 aromatic carbocycles. The molecule has 1 aliphatic rings. The first-order valence-electron chi connectivity index (χ1n) is 10.4. The summed E-state index contributed by atoms with van der Waals surface area (Å²) in [5, 5.41) is 0. The molecule has 3 aromatic rings. The van der Waals surface area contributed by atoms with E-state index in [-0.39, 0.29) is 12.5 Å². The second-order valence-electron chi connectivity index (χ2n) is 7.87. The third-order valence-electron chi connectivity index (χ3n) is 5.41. The number of para-hydroxylation sites is 2. The topological polar surface area (TPSA) is 77.3 Å². The zero-order valence-electron chi connectivity index (χ0n) is 17.5. The molecule has 2 atom stereocenters. The van der Waals surface area contributed by atoms with Crippen LogP contribution in [0, 0.1) is 11.8 Å². The summed E-state index contributed by atoms with van der Waals surface area (Å²) in [4.78, 5) is 37.5. The number of anilines is 1. The summed E-state index contributed by atoms with van der Waals surface area (Å²) in [5.74, 6) is -0.871. The Labute approximate surface area is 175 Å². The van der Waals surface area contributed by atoms with Gasteiger partial charge < -0.3 is 4.74 Å². The Morgan fingerprint density at radius 2 is 1.93 bits per heavy atom. The summed E-state index contributed by atoms with van der Waals surface area (Å²) >= 11 is 0. The van der Waals surface area contributed by atoms with Crippen molar-refractivity contribution >= 4 is 28.9 Å². The predicted molar refractivity (Wildman–Crippen MR) is 114 cm³/mol. The van der Waals surface area contributed by atoms with Crippen LogP contribution >= 0.6 is 0 Å². The normalized spacial score (nSPS) is 18.7. The SMILES string of the molecule is CCOC(=O)C1C(=O)N(CCC(C)C)c2nc3ccccc3n2C1c1ccccn1. The van der Waals surface area contributed by atoms with Gasteiger partial charge in [-0.15, -0.1) is 0 Å². The maximum Gasteiger partial charge on any atom is 0.321 e. The quantitative estimate of drug-likeness (QED) is 0.462. The maximum absolute atomic E-state index is 13.6. The first-order valence-corrected chi connectivity index (χ1v) is 10.4. The van der Waals surface area contributed by atoms with Crippen molar-refractivity contribution in [2.75, 3.05) is 18.1 Å². The van der Waals surface area contributed by atoms with E-state index < -0.39 is 17.9 Å². The fourth-order valence-corrected chi connectivity index (χ4v) is 3.96. The minimum absolute atomic E-state index is 0.209. The van der Waals surface area contributed by atoms with Crippen LogP contribution in [0.5, 0.6) is 0 Å². The highest BCUT2D eigenvalue weighted by Gasteiger charge is 2.48. The molecular weight excluding hydrogens is 380 g/mol. The largest absolute Gasteiger partial charge is 0.465 e. The van der Waals surface area contributed by atoms with E-state index in [4.69, 9.17) is 9.72 Å². The molecule has 2 aromatic heterocycles. The Balaban J connectivity index is 1.95. The van der Waals surface area contributed by atoms with Crippen LogP contribution in [0.1, 0.15) is 38.9 Å². The number of hydrogen-bond donors (Lipinski definition) is 0. The van der Waals surface area contributed by atoms with Gasteiger partial charge in [0.05, 0.1) is 23.3 Å². The number of imidazole rings is 1. The van der Waals surface area contributed by atoms with Gasteiger partial charge in [0.2, 0.25) is 11.9 Å². The maximum atomic E-state index is 13.6. The van der Waals surface area contributed by atoms with Gasteiger partial charge in [-0.25, -0.2) is 4.98 Å². The summed E-state index contributed by atoms with van der Waals surface area (Å²) in [5.41, 5.74) is 2.27. The molecule has 0 bridgehead atoms. The molecule has 7 heteroatoms. The van der Waals surface area contributed by atoms with Crippen LogP contribution in [0.15, 0.2) is 48.7 Å². The number of fused-ring (bicyclic) bond motifs is 3. The van der Waals surface area contributed by atoms with E-state index in [2.05, 4.69) is 18.8 Å². The lowest BCUT2D eigenvalue weighted by Gasteiger charge is -2.37. The molecule has 0 aliphatic carbocycles. The van der Waals surface area contributed by atoms with E-state index in [1.165, 1.54) is 0 Å². The summed E-state index contributed by atoms with van der Waals surface area (Å²) in [6, 6.07) is 12.6. The Bertz CT molecular complexity index is 1060. The molecule has 3 heterocycles. The van der Waals surface area contributed by atoms with E-state index in [1.807, 2.05) is 47.0 Å². The molecule has 1 amide bonds. The zero-order valence-corrected chi connectivity index (χ0v) is 17.5. The number of aromatic nitrogens is 3. The molecular formula is C23H26N4O3. The predicted octanol–water partition coefficient (Wildman–Crippen LogP) is 3.59. The molecule has 0 spiro atoms. The van der Waals surface area contributed by atoms with Gasteiger partial charge in [0, 0.05) is 12.7 Å². The van der Waals surface area contributed by atoms with Crippen LogP contribution in [0.2, 0.25) is 0 Å². The zero-order chi connectivity index (χ0) is 21.3. The lowest BCUT2D eigenvalue weighted by atomic mass is 9.92. The smallest absolute Gasteiger partial charge is 0.321 e. The summed E-state index contributed by atoms with van der Waals surface area (Å²) in [7, 11) is 0. The van der Waals surface area contributed by atoms with Crippen molar-refractivity contribution in [1.29, 1.82) is 0 Å². The van der Waals surface area contributed by atoms with Crippen molar-refractivity contribution in [1.82, 2.24) is 14.5 Å². The molecule has 4 rings (SSSR count). The molecule has 1 aliphatic heterocycles. The first kappa shape index (κ1) is 20.1.